The number of methoxy groups -OCH3 is 1. The molecule has 208 valence electrons. The molecule has 0 saturated heterocycles. The lowest BCUT2D eigenvalue weighted by atomic mass is 10.0. The van der Waals surface area contributed by atoms with Crippen molar-refractivity contribution in [3.8, 4) is 35.3 Å². The van der Waals surface area contributed by atoms with Gasteiger partial charge in [-0.3, -0.25) is 0 Å². The zero-order chi connectivity index (χ0) is 29.1. The second-order valence-corrected chi connectivity index (χ2v) is 11.3. The van der Waals surface area contributed by atoms with Gasteiger partial charge in [0.25, 0.3) is 0 Å². The molecule has 4 aromatic heterocycles. The number of fused-ring (bicyclic) bond motifs is 1. The van der Waals surface area contributed by atoms with E-state index in [0.29, 0.717) is 40.4 Å². The van der Waals surface area contributed by atoms with E-state index < -0.39 is 5.82 Å². The second-order valence-electron chi connectivity index (χ2n) is 10.2. The zero-order valence-electron chi connectivity index (χ0n) is 22.2. The van der Waals surface area contributed by atoms with E-state index in [4.69, 9.17) is 20.9 Å². The van der Waals surface area contributed by atoms with Crippen molar-refractivity contribution < 1.29 is 13.9 Å². The van der Waals surface area contributed by atoms with Crippen molar-refractivity contribution in [2.75, 3.05) is 30.1 Å². The first-order chi connectivity index (χ1) is 20.4. The molecule has 3 unspecified atom stereocenters. The summed E-state index contributed by atoms with van der Waals surface area (Å²) in [5.74, 6) is -0.0248. The van der Waals surface area contributed by atoms with E-state index in [9.17, 15) is 10.5 Å². The van der Waals surface area contributed by atoms with Crippen molar-refractivity contribution in [2.45, 2.75) is 24.9 Å². The number of halogens is 1. The number of rotatable bonds is 5. The van der Waals surface area contributed by atoms with Crippen LogP contribution in [0.3, 0.4) is 0 Å². The van der Waals surface area contributed by atoms with Gasteiger partial charge in [-0.15, -0.1) is 11.3 Å². The Hall–Kier alpha value is -5.27. The lowest BCUT2D eigenvalue weighted by Gasteiger charge is -2.31. The van der Waals surface area contributed by atoms with Crippen LogP contribution >= 0.6 is 11.3 Å². The largest absolute Gasteiger partial charge is 0.475 e. The molecular weight excluding hydrogens is 557 g/mol. The summed E-state index contributed by atoms with van der Waals surface area (Å²) in [4.78, 5) is 19.8. The number of thiophene rings is 1. The Morgan fingerprint density at radius 1 is 1.19 bits per heavy atom. The van der Waals surface area contributed by atoms with E-state index in [1.54, 1.807) is 24.4 Å². The van der Waals surface area contributed by atoms with Crippen LogP contribution in [0.1, 0.15) is 17.5 Å². The van der Waals surface area contributed by atoms with Gasteiger partial charge < -0.3 is 25.8 Å². The van der Waals surface area contributed by atoms with E-state index in [-0.39, 0.29) is 58.7 Å². The first kappa shape index (κ1) is 25.7. The van der Waals surface area contributed by atoms with E-state index in [0.717, 1.165) is 10.3 Å². The number of aromatic nitrogens is 4. The van der Waals surface area contributed by atoms with Crippen molar-refractivity contribution >= 4 is 49.0 Å². The van der Waals surface area contributed by atoms with Crippen molar-refractivity contribution in [2.24, 2.45) is 5.92 Å². The molecule has 7 rings (SSSR count). The molecular formula is C29H22FN9O2S. The highest BCUT2D eigenvalue weighted by atomic mass is 32.1. The van der Waals surface area contributed by atoms with Crippen LogP contribution in [0.15, 0.2) is 36.5 Å². The van der Waals surface area contributed by atoms with Crippen LogP contribution in [0, 0.1) is 34.4 Å². The number of nitrogen functional groups attached to an aromatic ring is 2. The van der Waals surface area contributed by atoms with E-state index >= 15 is 4.39 Å². The van der Waals surface area contributed by atoms with Crippen LogP contribution in [0.25, 0.3) is 32.2 Å². The number of nitrogens with zero attached hydrogens (tertiary/aromatic N) is 7. The normalized spacial score (nSPS) is 19.1. The summed E-state index contributed by atoms with van der Waals surface area (Å²) in [6.45, 7) is 0.168. The highest BCUT2D eigenvalue weighted by Gasteiger charge is 2.48. The molecule has 0 amide bonds. The molecule has 0 bridgehead atoms. The predicted molar refractivity (Wildman–Crippen MR) is 155 cm³/mol. The molecule has 13 heteroatoms. The molecule has 2 aliphatic rings. The number of nitrogens with two attached hydrogens (primary N) is 2. The third-order valence-corrected chi connectivity index (χ3v) is 8.64. The number of nitriles is 2. The molecule has 0 radical (unpaired) electrons. The van der Waals surface area contributed by atoms with E-state index in [2.05, 4.69) is 32.1 Å². The van der Waals surface area contributed by atoms with E-state index in [1.165, 1.54) is 18.4 Å². The molecule has 5 heterocycles. The molecule has 4 N–H and O–H groups in total. The maximum Gasteiger partial charge on any atom is 0.318 e. The standard InChI is InChI=1S/C29H22FN9O2S/c1-40-29-37-25-22-27(38-29)39(18-9-14(18)10-31)15(7-13-5-6-35-20(33)8-13)12-41-28(22)36-24(23(25)30)16-3-2-4-19-21(16)17(11-32)26(34)42-19/h2-6,8,14-15,18H,7,9,12,34H2,1H3,(H2,33,35). The van der Waals surface area contributed by atoms with Crippen molar-refractivity contribution in [3.05, 3.63) is 53.5 Å². The lowest BCUT2D eigenvalue weighted by Crippen LogP contribution is -2.43. The van der Waals surface area contributed by atoms with Gasteiger partial charge in [-0.05, 0) is 36.6 Å². The third-order valence-electron chi connectivity index (χ3n) is 7.65. The Kier molecular flexibility index (Phi) is 5.92. The highest BCUT2D eigenvalue weighted by molar-refractivity contribution is 7.23. The second kappa shape index (κ2) is 9.68. The first-order valence-corrected chi connectivity index (χ1v) is 13.9. The Balaban J connectivity index is 1.46. The summed E-state index contributed by atoms with van der Waals surface area (Å²) in [5, 5.41) is 20.7. The molecule has 0 spiro atoms. The fourth-order valence-corrected chi connectivity index (χ4v) is 6.62. The summed E-state index contributed by atoms with van der Waals surface area (Å²) < 4.78 is 29.1. The summed E-state index contributed by atoms with van der Waals surface area (Å²) in [7, 11) is 1.41. The molecule has 3 atom stereocenters. The van der Waals surface area contributed by atoms with Gasteiger partial charge >= 0.3 is 6.01 Å². The maximum absolute atomic E-state index is 16.6. The summed E-state index contributed by atoms with van der Waals surface area (Å²) in [6.07, 6.45) is 2.76. The third kappa shape index (κ3) is 3.97. The molecule has 5 aromatic rings. The number of hydrogen-bond acceptors (Lipinski definition) is 12. The van der Waals surface area contributed by atoms with Crippen LogP contribution in [-0.4, -0.2) is 45.7 Å². The molecule has 1 fully saturated rings. The van der Waals surface area contributed by atoms with Crippen LogP contribution < -0.4 is 25.8 Å². The highest BCUT2D eigenvalue weighted by Crippen LogP contribution is 2.47. The van der Waals surface area contributed by atoms with Gasteiger partial charge in [0.15, 0.2) is 5.82 Å². The van der Waals surface area contributed by atoms with E-state index in [1.807, 2.05) is 17.0 Å². The molecule has 1 aliphatic carbocycles. The fourth-order valence-electron chi connectivity index (χ4n) is 5.67. The maximum atomic E-state index is 16.6. The minimum Gasteiger partial charge on any atom is -0.475 e. The van der Waals surface area contributed by atoms with Crippen molar-refractivity contribution in [1.29, 1.82) is 10.5 Å². The SMILES string of the molecule is COc1nc2c3c(nc(-c4cccc5sc(N)c(C#N)c45)c(F)c3n1)OCC(Cc1ccnc(N)c1)N2C1CC1C#N. The van der Waals surface area contributed by atoms with Gasteiger partial charge in [0, 0.05) is 27.9 Å². The van der Waals surface area contributed by atoms with Crippen LogP contribution in [0.5, 0.6) is 11.9 Å². The number of ether oxygens (including phenoxy) is 2. The Morgan fingerprint density at radius 2 is 2.05 bits per heavy atom. The quantitative estimate of drug-likeness (QED) is 0.305. The van der Waals surface area contributed by atoms with Gasteiger partial charge in [0.1, 0.15) is 45.9 Å². The van der Waals surface area contributed by atoms with Crippen LogP contribution in [-0.2, 0) is 6.42 Å². The smallest absolute Gasteiger partial charge is 0.318 e. The summed E-state index contributed by atoms with van der Waals surface area (Å²) in [6, 6.07) is 12.9. The Morgan fingerprint density at radius 3 is 2.79 bits per heavy atom. The first-order valence-electron chi connectivity index (χ1n) is 13.1. The van der Waals surface area contributed by atoms with Gasteiger partial charge in [-0.1, -0.05) is 12.1 Å². The Bertz CT molecular complexity index is 2000. The van der Waals surface area contributed by atoms with Crippen molar-refractivity contribution in [3.63, 3.8) is 0 Å². The average molecular weight is 580 g/mol. The summed E-state index contributed by atoms with van der Waals surface area (Å²) in [5.41, 5.74) is 13.6. The van der Waals surface area contributed by atoms with Gasteiger partial charge in [-0.25, -0.2) is 14.4 Å². The van der Waals surface area contributed by atoms with Crippen LogP contribution in [0.4, 0.5) is 21.0 Å². The molecule has 1 aliphatic heterocycles. The van der Waals surface area contributed by atoms with Gasteiger partial charge in [0.05, 0.1) is 30.7 Å². The average Bonchev–Trinajstić information content (AvgIpc) is 3.71. The Labute approximate surface area is 242 Å². The molecule has 42 heavy (non-hydrogen) atoms. The molecule has 11 nitrogen and oxygen atoms in total. The lowest BCUT2D eigenvalue weighted by molar-refractivity contribution is 0.276. The minimum absolute atomic E-state index is 0.0302. The topological polar surface area (TPSA) is 173 Å². The van der Waals surface area contributed by atoms with Gasteiger partial charge in [-0.2, -0.15) is 20.5 Å². The molecule has 1 saturated carbocycles. The minimum atomic E-state index is -0.714. The number of pyridine rings is 2. The monoisotopic (exact) mass is 579 g/mol. The van der Waals surface area contributed by atoms with Gasteiger partial charge in [0.2, 0.25) is 5.88 Å². The fraction of sp³-hybridized carbons (Fsp3) is 0.241. The van der Waals surface area contributed by atoms with Crippen molar-refractivity contribution in [1.82, 2.24) is 19.9 Å². The number of benzene rings is 1. The predicted octanol–water partition coefficient (Wildman–Crippen LogP) is 4.21. The summed E-state index contributed by atoms with van der Waals surface area (Å²) >= 11 is 1.25. The van der Waals surface area contributed by atoms with Crippen LogP contribution in [0.2, 0.25) is 0 Å². The number of anilines is 3. The zero-order valence-corrected chi connectivity index (χ0v) is 23.0. The molecule has 1 aromatic carbocycles. The number of hydrogen-bond donors (Lipinski definition) is 2.